The highest BCUT2D eigenvalue weighted by molar-refractivity contribution is 8.06. The number of thioether (sulfide) groups is 2. The van der Waals surface area contributed by atoms with Crippen LogP contribution >= 0.6 is 34.9 Å². The van der Waals surface area contributed by atoms with Crippen molar-refractivity contribution < 1.29 is 0 Å². The first-order valence-corrected chi connectivity index (χ1v) is 10.1. The van der Waals surface area contributed by atoms with Crippen molar-refractivity contribution in [1.82, 2.24) is 10.3 Å². The van der Waals surface area contributed by atoms with Gasteiger partial charge >= 0.3 is 0 Å². The number of hydrogen-bond donors (Lipinski definition) is 1. The molecule has 0 bridgehead atoms. The van der Waals surface area contributed by atoms with Crippen molar-refractivity contribution in [3.8, 4) is 0 Å². The van der Waals surface area contributed by atoms with Gasteiger partial charge in [-0.15, -0.1) is 23.1 Å². The van der Waals surface area contributed by atoms with Crippen LogP contribution in [0.5, 0.6) is 0 Å². The molecule has 0 radical (unpaired) electrons. The van der Waals surface area contributed by atoms with Crippen molar-refractivity contribution in [3.05, 3.63) is 15.6 Å². The molecule has 3 rings (SSSR count). The van der Waals surface area contributed by atoms with Crippen LogP contribution in [0.3, 0.4) is 0 Å². The molecule has 1 saturated heterocycles. The molecule has 1 aliphatic heterocycles. The van der Waals surface area contributed by atoms with Crippen LogP contribution in [0.15, 0.2) is 0 Å². The van der Waals surface area contributed by atoms with Crippen LogP contribution in [0.4, 0.5) is 0 Å². The van der Waals surface area contributed by atoms with E-state index >= 15 is 0 Å². The Morgan fingerprint density at radius 3 is 2.95 bits per heavy atom. The number of aromatic nitrogens is 1. The zero-order valence-corrected chi connectivity index (χ0v) is 14.1. The van der Waals surface area contributed by atoms with E-state index in [0.717, 1.165) is 5.25 Å². The molecule has 0 amide bonds. The minimum absolute atomic E-state index is 0.552. The number of hydrogen-bond acceptors (Lipinski definition) is 5. The fourth-order valence-electron chi connectivity index (χ4n) is 2.97. The van der Waals surface area contributed by atoms with Crippen molar-refractivity contribution in [1.29, 1.82) is 0 Å². The number of thiazole rings is 1. The van der Waals surface area contributed by atoms with Gasteiger partial charge in [-0.25, -0.2) is 4.98 Å². The highest BCUT2D eigenvalue weighted by Gasteiger charge is 2.32. The quantitative estimate of drug-likeness (QED) is 0.910. The maximum absolute atomic E-state index is 5.02. The lowest BCUT2D eigenvalue weighted by molar-refractivity contribution is 0.500. The summed E-state index contributed by atoms with van der Waals surface area (Å²) in [5, 5.41) is 6.26. The SMILES string of the molecule is CCC1SCCSC1c1nc2c(s1)C(NC)CCC2. The zero-order valence-electron chi connectivity index (χ0n) is 11.6. The average molecular weight is 315 g/mol. The van der Waals surface area contributed by atoms with E-state index in [-0.39, 0.29) is 0 Å². The summed E-state index contributed by atoms with van der Waals surface area (Å²) in [5.74, 6) is 2.59. The van der Waals surface area contributed by atoms with Crippen LogP contribution in [0, 0.1) is 0 Å². The Hall–Kier alpha value is 0.290. The van der Waals surface area contributed by atoms with E-state index < -0.39 is 0 Å². The van der Waals surface area contributed by atoms with Crippen LogP contribution in [0.2, 0.25) is 0 Å². The van der Waals surface area contributed by atoms with Gasteiger partial charge in [0.25, 0.3) is 0 Å². The Labute approximate surface area is 128 Å². The first-order chi connectivity index (χ1) is 9.33. The summed E-state index contributed by atoms with van der Waals surface area (Å²) in [7, 11) is 2.08. The van der Waals surface area contributed by atoms with Crippen LogP contribution in [0.25, 0.3) is 0 Å². The monoisotopic (exact) mass is 314 g/mol. The highest BCUT2D eigenvalue weighted by Crippen LogP contribution is 2.47. The lowest BCUT2D eigenvalue weighted by atomic mass is 9.98. The smallest absolute Gasteiger partial charge is 0.107 e. The van der Waals surface area contributed by atoms with Crippen molar-refractivity contribution in [2.24, 2.45) is 0 Å². The number of nitrogens with one attached hydrogen (secondary N) is 1. The highest BCUT2D eigenvalue weighted by atomic mass is 32.2. The molecule has 5 heteroatoms. The number of aryl methyl sites for hydroxylation is 1. The fraction of sp³-hybridized carbons (Fsp3) is 0.786. The van der Waals surface area contributed by atoms with E-state index in [1.165, 1.54) is 52.8 Å². The standard InChI is InChI=1S/C14H22N2S3/c1-3-11-13(18-8-7-17-11)14-16-10-6-4-5-9(15-2)12(10)19-14/h9,11,13,15H,3-8H2,1-2H3. The summed E-state index contributed by atoms with van der Waals surface area (Å²) < 4.78 is 0. The van der Waals surface area contributed by atoms with Gasteiger partial charge in [0.2, 0.25) is 0 Å². The molecule has 2 nitrogen and oxygen atoms in total. The number of rotatable bonds is 3. The molecule has 0 saturated carbocycles. The van der Waals surface area contributed by atoms with Crippen molar-refractivity contribution in [2.75, 3.05) is 18.6 Å². The molecule has 3 unspecified atom stereocenters. The van der Waals surface area contributed by atoms with E-state index in [0.29, 0.717) is 11.3 Å². The molecular weight excluding hydrogens is 292 g/mol. The molecule has 1 fully saturated rings. The molecule has 1 aromatic rings. The number of nitrogens with zero attached hydrogens (tertiary/aromatic N) is 1. The van der Waals surface area contributed by atoms with Gasteiger partial charge < -0.3 is 5.32 Å². The van der Waals surface area contributed by atoms with Crippen LogP contribution in [-0.2, 0) is 6.42 Å². The fourth-order valence-corrected chi connectivity index (χ4v) is 7.65. The third kappa shape index (κ3) is 2.85. The topological polar surface area (TPSA) is 24.9 Å². The minimum atomic E-state index is 0.552. The summed E-state index contributed by atoms with van der Waals surface area (Å²) in [6.07, 6.45) is 5.01. The Bertz CT molecular complexity index is 432. The Balaban J connectivity index is 1.87. The molecule has 1 aliphatic carbocycles. The Morgan fingerprint density at radius 1 is 1.32 bits per heavy atom. The molecule has 1 N–H and O–H groups in total. The van der Waals surface area contributed by atoms with Gasteiger partial charge in [-0.05, 0) is 32.7 Å². The molecule has 0 spiro atoms. The third-order valence-electron chi connectivity index (χ3n) is 4.01. The van der Waals surface area contributed by atoms with Crippen molar-refractivity contribution >= 4 is 34.9 Å². The largest absolute Gasteiger partial charge is 0.312 e. The minimum Gasteiger partial charge on any atom is -0.312 e. The van der Waals surface area contributed by atoms with Crippen LogP contribution in [0.1, 0.15) is 53.1 Å². The van der Waals surface area contributed by atoms with Gasteiger partial charge in [0, 0.05) is 27.7 Å². The summed E-state index contributed by atoms with van der Waals surface area (Å²) >= 11 is 6.26. The third-order valence-corrected chi connectivity index (χ3v) is 8.71. The van der Waals surface area contributed by atoms with Crippen molar-refractivity contribution in [3.63, 3.8) is 0 Å². The second kappa shape index (κ2) is 6.37. The normalized spacial score (nSPS) is 31.2. The lowest BCUT2D eigenvalue weighted by Gasteiger charge is -2.28. The summed E-state index contributed by atoms with van der Waals surface area (Å²) in [5.41, 5.74) is 1.39. The maximum Gasteiger partial charge on any atom is 0.107 e. The average Bonchev–Trinajstić information content (AvgIpc) is 2.90. The predicted octanol–water partition coefficient (Wildman–Crippen LogP) is 4.04. The molecule has 3 atom stereocenters. The van der Waals surface area contributed by atoms with Gasteiger partial charge in [-0.2, -0.15) is 11.8 Å². The number of fused-ring (bicyclic) bond motifs is 1. The molecule has 1 aromatic heterocycles. The van der Waals surface area contributed by atoms with Gasteiger partial charge in [0.05, 0.1) is 10.9 Å². The van der Waals surface area contributed by atoms with E-state index in [1.807, 2.05) is 11.3 Å². The van der Waals surface area contributed by atoms with Gasteiger partial charge in [-0.1, -0.05) is 6.92 Å². The Morgan fingerprint density at radius 2 is 2.16 bits per heavy atom. The second-order valence-corrected chi connectivity index (χ2v) is 8.86. The van der Waals surface area contributed by atoms with Crippen LogP contribution < -0.4 is 5.32 Å². The van der Waals surface area contributed by atoms with E-state index in [2.05, 4.69) is 42.8 Å². The van der Waals surface area contributed by atoms with Gasteiger partial charge in [0.1, 0.15) is 5.01 Å². The first-order valence-electron chi connectivity index (χ1n) is 7.23. The predicted molar refractivity (Wildman–Crippen MR) is 88.6 cm³/mol. The summed E-state index contributed by atoms with van der Waals surface area (Å²) in [6.45, 7) is 2.32. The second-order valence-electron chi connectivity index (χ2n) is 5.21. The molecule has 19 heavy (non-hydrogen) atoms. The van der Waals surface area contributed by atoms with Gasteiger partial charge in [0.15, 0.2) is 0 Å². The molecular formula is C14H22N2S3. The summed E-state index contributed by atoms with van der Waals surface area (Å²) in [4.78, 5) is 6.54. The molecule has 0 aromatic carbocycles. The van der Waals surface area contributed by atoms with E-state index in [1.54, 1.807) is 0 Å². The molecule has 106 valence electrons. The van der Waals surface area contributed by atoms with Crippen LogP contribution in [-0.4, -0.2) is 28.8 Å². The summed E-state index contributed by atoms with van der Waals surface area (Å²) in [6, 6.07) is 0.552. The Kier molecular flexibility index (Phi) is 4.78. The van der Waals surface area contributed by atoms with E-state index in [4.69, 9.17) is 4.98 Å². The molecule has 2 aliphatic rings. The van der Waals surface area contributed by atoms with Gasteiger partial charge in [-0.3, -0.25) is 0 Å². The first kappa shape index (κ1) is 14.2. The lowest BCUT2D eigenvalue weighted by Crippen LogP contribution is -2.19. The zero-order chi connectivity index (χ0) is 13.2. The van der Waals surface area contributed by atoms with E-state index in [9.17, 15) is 0 Å². The maximum atomic E-state index is 5.02. The van der Waals surface area contributed by atoms with Crippen molar-refractivity contribution in [2.45, 2.75) is 49.1 Å². The molecule has 2 heterocycles.